The number of carbonyl (C=O) groups is 2. The van der Waals surface area contributed by atoms with Crippen molar-refractivity contribution in [1.29, 1.82) is 0 Å². The zero-order valence-corrected chi connectivity index (χ0v) is 28.6. The van der Waals surface area contributed by atoms with Crippen molar-refractivity contribution in [3.8, 4) is 0 Å². The number of nitro groups is 1. The van der Waals surface area contributed by atoms with Crippen molar-refractivity contribution < 1.29 is 22.9 Å². The van der Waals surface area contributed by atoms with Crippen LogP contribution in [0.1, 0.15) is 58.9 Å². The second kappa shape index (κ2) is 16.2. The molecule has 2 unspecified atom stereocenters. The van der Waals surface area contributed by atoms with Gasteiger partial charge in [-0.3, -0.25) is 25.1 Å². The van der Waals surface area contributed by atoms with Gasteiger partial charge in [0.1, 0.15) is 4.90 Å². The average molecular weight is 670 g/mol. The van der Waals surface area contributed by atoms with Crippen molar-refractivity contribution >= 4 is 45.1 Å². The number of piperidine rings is 2. The van der Waals surface area contributed by atoms with Crippen molar-refractivity contribution in [3.63, 3.8) is 0 Å². The molecule has 0 bridgehead atoms. The highest BCUT2D eigenvalue weighted by Crippen LogP contribution is 2.32. The number of hydrogen-bond acceptors (Lipinski definition) is 9. The average Bonchev–Trinajstić information content (AvgIpc) is 3.09. The molecule has 1 N–H and O–H groups in total. The number of carbonyl (C=O) groups excluding carboxylic acids is 2. The van der Waals surface area contributed by atoms with Gasteiger partial charge in [0.2, 0.25) is 21.8 Å². The minimum atomic E-state index is -4.22. The van der Waals surface area contributed by atoms with E-state index in [1.54, 1.807) is 11.1 Å². The van der Waals surface area contributed by atoms with E-state index >= 15 is 0 Å². The summed E-state index contributed by atoms with van der Waals surface area (Å²) in [6.45, 7) is 11.7. The zero-order valence-electron chi connectivity index (χ0n) is 27.8. The Balaban J connectivity index is 1.58. The van der Waals surface area contributed by atoms with Crippen LogP contribution in [-0.2, 0) is 19.6 Å². The van der Waals surface area contributed by atoms with Crippen molar-refractivity contribution in [1.82, 2.24) is 14.1 Å². The monoisotopic (exact) mass is 669 g/mol. The normalized spacial score (nSPS) is 19.0. The topological polar surface area (TPSA) is 149 Å². The Morgan fingerprint density at radius 1 is 0.936 bits per heavy atom. The molecule has 0 aliphatic carbocycles. The molecular formula is C33H47N7O6S. The number of nitrogens with zero attached hydrogens (tertiary/aromatic N) is 6. The molecule has 2 atom stereocenters. The van der Waals surface area contributed by atoms with Gasteiger partial charge in [-0.1, -0.05) is 18.2 Å². The van der Waals surface area contributed by atoms with Gasteiger partial charge >= 0.3 is 0 Å². The lowest BCUT2D eigenvalue weighted by atomic mass is 9.95. The van der Waals surface area contributed by atoms with Crippen molar-refractivity contribution in [3.05, 3.63) is 58.1 Å². The van der Waals surface area contributed by atoms with E-state index in [2.05, 4.69) is 15.4 Å². The second-order valence-electron chi connectivity index (χ2n) is 11.9. The smallest absolute Gasteiger partial charge is 0.270 e. The second-order valence-corrected chi connectivity index (χ2v) is 13.8. The summed E-state index contributed by atoms with van der Waals surface area (Å²) in [6, 6.07) is 11.3. The highest BCUT2D eigenvalue weighted by Gasteiger charge is 2.36. The lowest BCUT2D eigenvalue weighted by Gasteiger charge is -2.36. The quantitative estimate of drug-likeness (QED) is 0.188. The van der Waals surface area contributed by atoms with Gasteiger partial charge < -0.3 is 14.7 Å². The minimum absolute atomic E-state index is 0.00401. The van der Waals surface area contributed by atoms with E-state index in [9.17, 15) is 28.1 Å². The van der Waals surface area contributed by atoms with Crippen LogP contribution in [0.25, 0.3) is 0 Å². The lowest BCUT2D eigenvalue weighted by Crippen LogP contribution is -2.46. The Hall–Kier alpha value is -4.04. The fraction of sp³-hybridized carbons (Fsp3) is 0.545. The summed E-state index contributed by atoms with van der Waals surface area (Å²) in [7, 11) is -4.22. The molecule has 2 fully saturated rings. The van der Waals surface area contributed by atoms with Gasteiger partial charge in [-0.05, 0) is 65.5 Å². The van der Waals surface area contributed by atoms with E-state index in [0.717, 1.165) is 36.7 Å². The van der Waals surface area contributed by atoms with E-state index in [1.165, 1.54) is 16.4 Å². The molecule has 2 amide bonds. The van der Waals surface area contributed by atoms with Crippen LogP contribution < -0.4 is 10.3 Å². The number of anilines is 2. The predicted octanol–water partition coefficient (Wildman–Crippen LogP) is 4.39. The molecule has 13 nitrogen and oxygen atoms in total. The van der Waals surface area contributed by atoms with Crippen LogP contribution in [-0.4, -0.2) is 97.8 Å². The molecule has 0 saturated carbocycles. The van der Waals surface area contributed by atoms with Gasteiger partial charge in [0.15, 0.2) is 0 Å². The number of nitrogens with one attached hydrogen (secondary N) is 1. The molecule has 2 saturated heterocycles. The number of hydrazone groups is 1. The van der Waals surface area contributed by atoms with Crippen LogP contribution in [0.5, 0.6) is 0 Å². The van der Waals surface area contributed by atoms with Gasteiger partial charge in [-0.15, -0.1) is 0 Å². The van der Waals surface area contributed by atoms with Crippen molar-refractivity contribution in [2.75, 3.05) is 62.7 Å². The van der Waals surface area contributed by atoms with Crippen LogP contribution in [0.4, 0.5) is 17.1 Å². The Labute approximate surface area is 277 Å². The maximum atomic E-state index is 14.0. The van der Waals surface area contributed by atoms with Crippen molar-refractivity contribution in [2.24, 2.45) is 16.9 Å². The minimum Gasteiger partial charge on any atom is -0.370 e. The molecule has 2 aliphatic rings. The molecule has 47 heavy (non-hydrogen) atoms. The summed E-state index contributed by atoms with van der Waals surface area (Å²) in [6.07, 6.45) is 4.38. The van der Waals surface area contributed by atoms with Crippen LogP contribution in [0.2, 0.25) is 0 Å². The molecule has 2 aromatic carbocycles. The highest BCUT2D eigenvalue weighted by molar-refractivity contribution is 7.89. The number of hydrogen-bond donors (Lipinski definition) is 1. The van der Waals surface area contributed by atoms with Gasteiger partial charge in [0, 0.05) is 75.7 Å². The summed E-state index contributed by atoms with van der Waals surface area (Å²) in [5.74, 6) is -0.513. The third kappa shape index (κ3) is 8.28. The molecule has 2 aromatic rings. The summed E-state index contributed by atoms with van der Waals surface area (Å²) < 4.78 is 29.2. The van der Waals surface area contributed by atoms with Crippen LogP contribution in [0, 0.1) is 22.0 Å². The van der Waals surface area contributed by atoms with E-state index in [4.69, 9.17) is 0 Å². The molecular weight excluding hydrogens is 622 g/mol. The first-order valence-electron chi connectivity index (χ1n) is 16.5. The third-order valence-corrected chi connectivity index (χ3v) is 11.0. The number of nitro benzene ring substituents is 1. The number of para-hydroxylation sites is 1. The van der Waals surface area contributed by atoms with Gasteiger partial charge in [-0.25, -0.2) is 8.42 Å². The molecule has 0 radical (unpaired) electrons. The first-order valence-corrected chi connectivity index (χ1v) is 18.0. The molecule has 2 heterocycles. The van der Waals surface area contributed by atoms with Crippen molar-refractivity contribution in [2.45, 2.75) is 58.3 Å². The fourth-order valence-electron chi connectivity index (χ4n) is 6.47. The Bertz CT molecular complexity index is 1560. The summed E-state index contributed by atoms with van der Waals surface area (Å²) in [5.41, 5.74) is 4.22. The van der Waals surface area contributed by atoms with E-state index in [-0.39, 0.29) is 47.1 Å². The molecule has 14 heteroatoms. The van der Waals surface area contributed by atoms with Crippen LogP contribution in [0.15, 0.2) is 52.5 Å². The zero-order chi connectivity index (χ0) is 34.1. The fourth-order valence-corrected chi connectivity index (χ4v) is 8.16. The maximum absolute atomic E-state index is 14.0. The summed E-state index contributed by atoms with van der Waals surface area (Å²) >= 11 is 0. The third-order valence-electron chi connectivity index (χ3n) is 9.11. The Morgan fingerprint density at radius 3 is 2.15 bits per heavy atom. The van der Waals surface area contributed by atoms with Crippen LogP contribution in [0.3, 0.4) is 0 Å². The molecule has 256 valence electrons. The van der Waals surface area contributed by atoms with Gasteiger partial charge in [-0.2, -0.15) is 9.41 Å². The van der Waals surface area contributed by atoms with E-state index < -0.39 is 20.9 Å². The Kier molecular flexibility index (Phi) is 12.3. The summed E-state index contributed by atoms with van der Waals surface area (Å²) in [5, 5.41) is 16.0. The maximum Gasteiger partial charge on any atom is 0.270 e. The largest absolute Gasteiger partial charge is 0.370 e. The summed E-state index contributed by atoms with van der Waals surface area (Å²) in [4.78, 5) is 42.6. The Morgan fingerprint density at radius 2 is 1.53 bits per heavy atom. The van der Waals surface area contributed by atoms with Crippen LogP contribution >= 0.6 is 0 Å². The van der Waals surface area contributed by atoms with Gasteiger partial charge in [0.25, 0.3) is 5.69 Å². The lowest BCUT2D eigenvalue weighted by molar-refractivity contribution is -0.385. The first-order chi connectivity index (χ1) is 22.5. The van der Waals surface area contributed by atoms with E-state index in [0.29, 0.717) is 45.6 Å². The molecule has 0 spiro atoms. The number of non-ortho nitro benzene ring substituents is 1. The van der Waals surface area contributed by atoms with Gasteiger partial charge in [0.05, 0.1) is 28.7 Å². The molecule has 4 rings (SSSR count). The number of amides is 2. The highest BCUT2D eigenvalue weighted by atomic mass is 32.2. The molecule has 2 aliphatic heterocycles. The standard InChI is InChI=1S/C33H47N7O6S/c1-5-36(6-2)32(41)26-14-11-19-38(23-26)30-16-10-9-13-25(30)22-34-35-29-18-17-28(40(43)44)21-31(29)47(45,46)39-20-12-15-27(24-39)33(42)37(7-3)8-4/h9-10,13,16-18,21-22,26-27,35H,5-8,11-12,14-15,19-20,23-24H2,1-4H3/b34-22+. The SMILES string of the molecule is CCN(CC)C(=O)C1CCCN(c2ccccc2/C=N/Nc2ccc([N+](=O)[O-])cc2S(=O)(=O)N2CCCC(C(=O)N(CC)CC)C2)C1. The number of sulfonamides is 1. The number of rotatable bonds is 13. The predicted molar refractivity (Wildman–Crippen MR) is 183 cm³/mol. The van der Waals surface area contributed by atoms with E-state index in [1.807, 2.05) is 56.9 Å². The first kappa shape index (κ1) is 35.8. The molecule has 0 aromatic heterocycles. The number of benzene rings is 2.